The molecule has 20 heavy (non-hydrogen) atoms. The van der Waals surface area contributed by atoms with Crippen LogP contribution in [0.3, 0.4) is 0 Å². The minimum Gasteiger partial charge on any atom is -0.268 e. The normalized spacial score (nSPS) is 12.0. The topological polar surface area (TPSA) is 45.8 Å². The molecule has 0 unspecified atom stereocenters. The predicted octanol–water partition coefficient (Wildman–Crippen LogP) is 3.01. The van der Waals surface area contributed by atoms with E-state index in [0.29, 0.717) is 0 Å². The first-order chi connectivity index (χ1) is 9.81. The molecule has 1 N–H and O–H groups in total. The van der Waals surface area contributed by atoms with Gasteiger partial charge in [0, 0.05) is 11.6 Å². The van der Waals surface area contributed by atoms with Gasteiger partial charge in [0.05, 0.1) is 5.69 Å². The Labute approximate surface area is 115 Å². The fraction of sp³-hybridized carbons (Fsp3) is 0.0588. The highest BCUT2D eigenvalue weighted by molar-refractivity contribution is 5.79. The van der Waals surface area contributed by atoms with Gasteiger partial charge in [0.15, 0.2) is 0 Å². The molecule has 1 heterocycles. The van der Waals surface area contributed by atoms with Gasteiger partial charge >= 0.3 is 0 Å². The zero-order valence-electron chi connectivity index (χ0n) is 10.8. The number of nitrogens with zero attached hydrogens (tertiary/aromatic N) is 1. The summed E-state index contributed by atoms with van der Waals surface area (Å²) < 4.78 is 0. The summed E-state index contributed by atoms with van der Waals surface area (Å²) in [6.45, 7) is 0. The first kappa shape index (κ1) is 11.2. The molecule has 2 aromatic carbocycles. The maximum Gasteiger partial charge on any atom is 0.264 e. The van der Waals surface area contributed by atoms with Crippen LogP contribution in [0.1, 0.15) is 11.1 Å². The van der Waals surface area contributed by atoms with Crippen molar-refractivity contribution >= 4 is 0 Å². The second kappa shape index (κ2) is 4.17. The van der Waals surface area contributed by atoms with Crippen LogP contribution < -0.4 is 5.56 Å². The second-order valence-electron chi connectivity index (χ2n) is 5.01. The van der Waals surface area contributed by atoms with E-state index in [9.17, 15) is 4.79 Å². The van der Waals surface area contributed by atoms with Gasteiger partial charge in [0.25, 0.3) is 5.56 Å². The summed E-state index contributed by atoms with van der Waals surface area (Å²) in [5.74, 6) is 0. The predicted molar refractivity (Wildman–Crippen MR) is 78.5 cm³/mol. The molecule has 0 bridgehead atoms. The lowest BCUT2D eigenvalue weighted by Gasteiger charge is -2.04. The minimum absolute atomic E-state index is 0.178. The molecule has 1 aliphatic carbocycles. The van der Waals surface area contributed by atoms with Gasteiger partial charge in [-0.25, -0.2) is 5.10 Å². The molecule has 1 aromatic heterocycles. The number of hydrogen-bond donors (Lipinski definition) is 1. The Kier molecular flexibility index (Phi) is 2.33. The number of fused-ring (bicyclic) bond motifs is 3. The first-order valence-corrected chi connectivity index (χ1v) is 6.58. The van der Waals surface area contributed by atoms with Crippen LogP contribution in [0, 0.1) is 0 Å². The average molecular weight is 260 g/mol. The van der Waals surface area contributed by atoms with E-state index in [4.69, 9.17) is 0 Å². The highest BCUT2D eigenvalue weighted by atomic mass is 16.1. The smallest absolute Gasteiger partial charge is 0.264 e. The van der Waals surface area contributed by atoms with Crippen molar-refractivity contribution in [2.24, 2.45) is 0 Å². The summed E-state index contributed by atoms with van der Waals surface area (Å²) in [7, 11) is 0. The Balaban J connectivity index is 1.82. The molecule has 0 radical (unpaired) electrons. The number of aromatic nitrogens is 2. The largest absolute Gasteiger partial charge is 0.268 e. The third kappa shape index (κ3) is 1.67. The van der Waals surface area contributed by atoms with Crippen molar-refractivity contribution < 1.29 is 0 Å². The van der Waals surface area contributed by atoms with Gasteiger partial charge in [-0.1, -0.05) is 36.4 Å². The van der Waals surface area contributed by atoms with Crippen molar-refractivity contribution in [3.8, 4) is 22.4 Å². The average Bonchev–Trinajstić information content (AvgIpc) is 2.85. The van der Waals surface area contributed by atoms with Crippen LogP contribution >= 0.6 is 0 Å². The molecule has 0 amide bonds. The van der Waals surface area contributed by atoms with Crippen LogP contribution in [-0.4, -0.2) is 10.2 Å². The van der Waals surface area contributed by atoms with E-state index >= 15 is 0 Å². The summed E-state index contributed by atoms with van der Waals surface area (Å²) in [4.78, 5) is 11.1. The van der Waals surface area contributed by atoms with E-state index in [-0.39, 0.29) is 5.56 Å². The van der Waals surface area contributed by atoms with Crippen molar-refractivity contribution in [2.45, 2.75) is 6.42 Å². The van der Waals surface area contributed by atoms with E-state index in [1.807, 2.05) is 0 Å². The zero-order chi connectivity index (χ0) is 13.5. The fourth-order valence-corrected chi connectivity index (χ4v) is 2.81. The molecule has 0 saturated heterocycles. The lowest BCUT2D eigenvalue weighted by molar-refractivity contribution is 0.995. The van der Waals surface area contributed by atoms with Crippen molar-refractivity contribution in [1.82, 2.24) is 10.2 Å². The maximum atomic E-state index is 11.1. The van der Waals surface area contributed by atoms with Gasteiger partial charge in [-0.2, -0.15) is 5.10 Å². The lowest BCUT2D eigenvalue weighted by Crippen LogP contribution is -2.05. The molecule has 0 atom stereocenters. The van der Waals surface area contributed by atoms with Gasteiger partial charge in [-0.15, -0.1) is 0 Å². The number of rotatable bonds is 1. The molecule has 0 fully saturated rings. The summed E-state index contributed by atoms with van der Waals surface area (Å²) in [6, 6.07) is 18.1. The van der Waals surface area contributed by atoms with Crippen LogP contribution in [0.25, 0.3) is 22.4 Å². The molecule has 3 aromatic rings. The van der Waals surface area contributed by atoms with E-state index < -0.39 is 0 Å². The molecule has 1 aliphatic rings. The molecule has 96 valence electrons. The van der Waals surface area contributed by atoms with Crippen molar-refractivity contribution in [1.29, 1.82) is 0 Å². The Morgan fingerprint density at radius 3 is 2.60 bits per heavy atom. The highest BCUT2D eigenvalue weighted by Gasteiger charge is 2.18. The van der Waals surface area contributed by atoms with E-state index in [2.05, 4.69) is 52.7 Å². The number of nitrogens with one attached hydrogen (secondary N) is 1. The molecule has 0 saturated carbocycles. The minimum atomic E-state index is -0.178. The SMILES string of the molecule is O=c1ccc(-c2ccc3c(c2)Cc2ccccc2-3)n[nH]1. The third-order valence-corrected chi connectivity index (χ3v) is 3.77. The fourth-order valence-electron chi connectivity index (χ4n) is 2.81. The van der Waals surface area contributed by atoms with Gasteiger partial charge < -0.3 is 0 Å². The summed E-state index contributed by atoms with van der Waals surface area (Å²) in [6.07, 6.45) is 0.961. The van der Waals surface area contributed by atoms with Gasteiger partial charge in [0.2, 0.25) is 0 Å². The van der Waals surface area contributed by atoms with Crippen LogP contribution in [0.15, 0.2) is 59.4 Å². The number of H-pyrrole nitrogens is 1. The van der Waals surface area contributed by atoms with Gasteiger partial charge in [-0.05, 0) is 40.8 Å². The van der Waals surface area contributed by atoms with Gasteiger partial charge in [0.1, 0.15) is 0 Å². The van der Waals surface area contributed by atoms with E-state index in [1.54, 1.807) is 6.07 Å². The van der Waals surface area contributed by atoms with Crippen LogP contribution in [0.2, 0.25) is 0 Å². The Morgan fingerprint density at radius 1 is 0.900 bits per heavy atom. The number of benzene rings is 2. The van der Waals surface area contributed by atoms with Crippen LogP contribution in [0.5, 0.6) is 0 Å². The van der Waals surface area contributed by atoms with Crippen LogP contribution in [-0.2, 0) is 6.42 Å². The first-order valence-electron chi connectivity index (χ1n) is 6.58. The molecule has 0 aliphatic heterocycles. The maximum absolute atomic E-state index is 11.1. The molecule has 0 spiro atoms. The van der Waals surface area contributed by atoms with Crippen molar-refractivity contribution in [3.05, 3.63) is 76.1 Å². The third-order valence-electron chi connectivity index (χ3n) is 3.77. The Morgan fingerprint density at radius 2 is 1.75 bits per heavy atom. The second-order valence-corrected chi connectivity index (χ2v) is 5.01. The van der Waals surface area contributed by atoms with Crippen molar-refractivity contribution in [2.75, 3.05) is 0 Å². The molecular formula is C17H12N2O. The summed E-state index contributed by atoms with van der Waals surface area (Å²) >= 11 is 0. The highest BCUT2D eigenvalue weighted by Crippen LogP contribution is 2.37. The van der Waals surface area contributed by atoms with Crippen LogP contribution in [0.4, 0.5) is 0 Å². The zero-order valence-corrected chi connectivity index (χ0v) is 10.8. The van der Waals surface area contributed by atoms with E-state index in [1.165, 1.54) is 28.3 Å². The van der Waals surface area contributed by atoms with E-state index in [0.717, 1.165) is 17.7 Å². The summed E-state index contributed by atoms with van der Waals surface area (Å²) in [5, 5.41) is 6.56. The molecule has 3 nitrogen and oxygen atoms in total. The quantitative estimate of drug-likeness (QED) is 0.572. The standard InChI is InChI=1S/C17H12N2O/c20-17-8-7-16(18-19-17)12-5-6-15-13(10-12)9-11-3-1-2-4-14(11)15/h1-8,10H,9H2,(H,19,20). The Hall–Kier alpha value is -2.68. The monoisotopic (exact) mass is 260 g/mol. The van der Waals surface area contributed by atoms with Gasteiger partial charge in [-0.3, -0.25) is 4.79 Å². The molecular weight excluding hydrogens is 248 g/mol. The summed E-state index contributed by atoms with van der Waals surface area (Å²) in [5.41, 5.74) is 6.96. The lowest BCUT2D eigenvalue weighted by atomic mass is 10.0. The van der Waals surface area contributed by atoms with Crippen molar-refractivity contribution in [3.63, 3.8) is 0 Å². The molecule has 4 rings (SSSR count). The Bertz CT molecular complexity index is 844. The number of hydrogen-bond acceptors (Lipinski definition) is 2. The molecule has 3 heteroatoms. The number of aromatic amines is 1.